The summed E-state index contributed by atoms with van der Waals surface area (Å²) in [6.07, 6.45) is 8.47. The van der Waals surface area contributed by atoms with Crippen LogP contribution in [0.25, 0.3) is 22.4 Å². The van der Waals surface area contributed by atoms with Crippen LogP contribution in [0.15, 0.2) is 24.7 Å². The predicted molar refractivity (Wildman–Crippen MR) is 106 cm³/mol. The highest BCUT2D eigenvalue weighted by Gasteiger charge is 2.47. The Morgan fingerprint density at radius 3 is 2.72 bits per heavy atom. The minimum absolute atomic E-state index is 0.0637. The first-order valence-corrected chi connectivity index (χ1v) is 9.97. The highest BCUT2D eigenvalue weighted by molar-refractivity contribution is 5.92. The lowest BCUT2D eigenvalue weighted by Crippen LogP contribution is -2.51. The topological polar surface area (TPSA) is 104 Å². The van der Waals surface area contributed by atoms with Crippen molar-refractivity contribution in [1.29, 1.82) is 0 Å². The number of carbonyl (C=O) groups is 1. The van der Waals surface area contributed by atoms with Crippen LogP contribution in [0.5, 0.6) is 0 Å². The highest BCUT2D eigenvalue weighted by Crippen LogP contribution is 2.46. The molecule has 2 bridgehead atoms. The number of rotatable bonds is 4. The number of H-pyrrole nitrogens is 1. The summed E-state index contributed by atoms with van der Waals surface area (Å²) >= 11 is 0. The molecule has 0 radical (unpaired) electrons. The highest BCUT2D eigenvalue weighted by atomic mass is 19.1. The second-order valence-corrected chi connectivity index (χ2v) is 8.21. The molecule has 2 unspecified atom stereocenters. The Morgan fingerprint density at radius 2 is 1.97 bits per heavy atom. The molecule has 0 saturated heterocycles. The molecule has 0 aromatic carbocycles. The molecule has 2 atom stereocenters. The number of halogens is 1. The number of hydrogen-bond donors (Lipinski definition) is 3. The first-order valence-electron chi connectivity index (χ1n) is 9.97. The number of carboxylic acid groups (broad SMARTS) is 1. The summed E-state index contributed by atoms with van der Waals surface area (Å²) < 4.78 is 14.6. The number of anilines is 1. The summed E-state index contributed by atoms with van der Waals surface area (Å²) in [6, 6.07) is 1.67. The predicted octanol–water partition coefficient (Wildman–Crippen LogP) is 3.77. The van der Waals surface area contributed by atoms with Crippen LogP contribution in [0.3, 0.4) is 0 Å². The monoisotopic (exact) mass is 395 g/mol. The van der Waals surface area contributed by atoms with E-state index in [1.54, 1.807) is 12.4 Å². The van der Waals surface area contributed by atoms with Crippen molar-refractivity contribution < 1.29 is 14.3 Å². The molecule has 3 heterocycles. The molecule has 8 heteroatoms. The van der Waals surface area contributed by atoms with Crippen molar-refractivity contribution in [1.82, 2.24) is 19.9 Å². The van der Waals surface area contributed by atoms with Gasteiger partial charge in [0.25, 0.3) is 0 Å². The van der Waals surface area contributed by atoms with Gasteiger partial charge >= 0.3 is 5.97 Å². The number of aliphatic carboxylic acids is 1. The number of nitrogens with zero attached hydrogens (tertiary/aromatic N) is 3. The van der Waals surface area contributed by atoms with Crippen molar-refractivity contribution in [3.8, 4) is 11.4 Å². The largest absolute Gasteiger partial charge is 0.481 e. The van der Waals surface area contributed by atoms with Gasteiger partial charge < -0.3 is 15.4 Å². The van der Waals surface area contributed by atoms with Crippen LogP contribution >= 0.6 is 0 Å². The Hall–Kier alpha value is -3.03. The zero-order valence-electron chi connectivity index (χ0n) is 16.0. The molecule has 3 N–H and O–H groups in total. The molecular formula is C21H22FN5O2. The maximum atomic E-state index is 14.6. The lowest BCUT2D eigenvalue weighted by Gasteiger charge is -2.47. The SMILES string of the molecule is Cc1cnc2[nH]cc(-c3ncc(F)c(NC4C5CCC(CC5)C4C(=O)O)n3)c2c1. The number of hydrogen-bond acceptors (Lipinski definition) is 5. The summed E-state index contributed by atoms with van der Waals surface area (Å²) in [5.74, 6) is -1.10. The number of carboxylic acids is 1. The lowest BCUT2D eigenvalue weighted by atomic mass is 9.61. The average Bonchev–Trinajstić information content (AvgIpc) is 3.13. The van der Waals surface area contributed by atoms with Crippen LogP contribution < -0.4 is 5.32 Å². The minimum atomic E-state index is -0.815. The number of aromatic nitrogens is 4. The number of fused-ring (bicyclic) bond motifs is 4. The van der Waals surface area contributed by atoms with Crippen molar-refractivity contribution in [2.75, 3.05) is 5.32 Å². The van der Waals surface area contributed by atoms with E-state index in [0.29, 0.717) is 11.5 Å². The number of nitrogens with one attached hydrogen (secondary N) is 2. The van der Waals surface area contributed by atoms with Gasteiger partial charge in [-0.3, -0.25) is 4.79 Å². The molecule has 29 heavy (non-hydrogen) atoms. The first kappa shape index (κ1) is 18.0. The third-order valence-corrected chi connectivity index (χ3v) is 6.46. The van der Waals surface area contributed by atoms with Crippen molar-refractivity contribution in [3.63, 3.8) is 0 Å². The number of aromatic amines is 1. The van der Waals surface area contributed by atoms with E-state index >= 15 is 0 Å². The van der Waals surface area contributed by atoms with Crippen LogP contribution in [0, 0.1) is 30.5 Å². The Balaban J connectivity index is 1.51. The summed E-state index contributed by atoms with van der Waals surface area (Å²) in [5, 5.41) is 13.8. The molecule has 3 aromatic heterocycles. The number of aryl methyl sites for hydroxylation is 1. The fourth-order valence-corrected chi connectivity index (χ4v) is 5.06. The van der Waals surface area contributed by atoms with Crippen LogP contribution in [-0.4, -0.2) is 37.1 Å². The molecule has 3 saturated carbocycles. The van der Waals surface area contributed by atoms with Gasteiger partial charge in [-0.1, -0.05) is 0 Å². The standard InChI is InChI=1S/C21H22FN5O2/c1-10-6-13-14(8-24-18(13)23-7-10)19-25-9-15(22)20(27-19)26-17-12-4-2-11(3-5-12)16(17)21(28)29/h6-9,11-12,16-17H,2-5H2,1H3,(H,23,24)(H,28,29)(H,25,26,27). The number of pyridine rings is 1. The minimum Gasteiger partial charge on any atom is -0.481 e. The zero-order chi connectivity index (χ0) is 20.1. The van der Waals surface area contributed by atoms with Gasteiger partial charge in [-0.15, -0.1) is 0 Å². The van der Waals surface area contributed by atoms with E-state index in [1.807, 2.05) is 13.0 Å². The van der Waals surface area contributed by atoms with Gasteiger partial charge in [-0.25, -0.2) is 19.3 Å². The van der Waals surface area contributed by atoms with Gasteiger partial charge in [0.15, 0.2) is 17.5 Å². The van der Waals surface area contributed by atoms with E-state index in [2.05, 4.69) is 25.3 Å². The maximum Gasteiger partial charge on any atom is 0.308 e. The zero-order valence-corrected chi connectivity index (χ0v) is 16.0. The average molecular weight is 395 g/mol. The van der Waals surface area contributed by atoms with Crippen molar-refractivity contribution in [3.05, 3.63) is 36.0 Å². The molecule has 3 aromatic rings. The fraction of sp³-hybridized carbons (Fsp3) is 0.429. The van der Waals surface area contributed by atoms with E-state index in [0.717, 1.165) is 48.4 Å². The van der Waals surface area contributed by atoms with E-state index in [9.17, 15) is 14.3 Å². The van der Waals surface area contributed by atoms with Gasteiger partial charge in [0.05, 0.1) is 12.1 Å². The first-order chi connectivity index (χ1) is 14.0. The second-order valence-electron chi connectivity index (χ2n) is 8.21. The van der Waals surface area contributed by atoms with Crippen molar-refractivity contribution >= 4 is 22.8 Å². The third kappa shape index (κ3) is 3.03. The van der Waals surface area contributed by atoms with Gasteiger partial charge in [0.2, 0.25) is 0 Å². The van der Waals surface area contributed by atoms with Crippen molar-refractivity contribution in [2.45, 2.75) is 38.6 Å². The molecule has 3 aliphatic carbocycles. The molecular weight excluding hydrogens is 373 g/mol. The molecule has 3 aliphatic rings. The van der Waals surface area contributed by atoms with Crippen LogP contribution in [-0.2, 0) is 4.79 Å². The van der Waals surface area contributed by atoms with Crippen LogP contribution in [0.2, 0.25) is 0 Å². The van der Waals surface area contributed by atoms with E-state index < -0.39 is 17.7 Å². The van der Waals surface area contributed by atoms with Crippen LogP contribution in [0.1, 0.15) is 31.2 Å². The second kappa shape index (κ2) is 6.79. The Morgan fingerprint density at radius 1 is 1.21 bits per heavy atom. The summed E-state index contributed by atoms with van der Waals surface area (Å²) in [4.78, 5) is 27.9. The van der Waals surface area contributed by atoms with Gasteiger partial charge in [0.1, 0.15) is 5.65 Å². The summed E-state index contributed by atoms with van der Waals surface area (Å²) in [6.45, 7) is 1.95. The quantitative estimate of drug-likeness (QED) is 0.621. The molecule has 0 spiro atoms. The maximum absolute atomic E-state index is 14.6. The normalized spacial score (nSPS) is 26.0. The fourth-order valence-electron chi connectivity index (χ4n) is 5.06. The lowest BCUT2D eigenvalue weighted by molar-refractivity contribution is -0.148. The smallest absolute Gasteiger partial charge is 0.308 e. The molecule has 6 rings (SSSR count). The Kier molecular flexibility index (Phi) is 4.22. The van der Waals surface area contributed by atoms with E-state index in [-0.39, 0.29) is 23.7 Å². The molecule has 3 fully saturated rings. The Bertz CT molecular complexity index is 1090. The van der Waals surface area contributed by atoms with E-state index in [1.165, 1.54) is 0 Å². The Labute approximate surface area is 166 Å². The molecule has 0 amide bonds. The summed E-state index contributed by atoms with van der Waals surface area (Å²) in [5.41, 5.74) is 2.45. The van der Waals surface area contributed by atoms with Crippen LogP contribution in [0.4, 0.5) is 10.2 Å². The van der Waals surface area contributed by atoms with Gasteiger partial charge in [-0.05, 0) is 56.1 Å². The summed E-state index contributed by atoms with van der Waals surface area (Å²) in [7, 11) is 0. The van der Waals surface area contributed by atoms with E-state index in [4.69, 9.17) is 0 Å². The molecule has 0 aliphatic heterocycles. The van der Waals surface area contributed by atoms with Gasteiger partial charge in [0, 0.05) is 29.4 Å². The molecule has 150 valence electrons. The van der Waals surface area contributed by atoms with Gasteiger partial charge in [-0.2, -0.15) is 0 Å². The van der Waals surface area contributed by atoms with Crippen molar-refractivity contribution in [2.24, 2.45) is 17.8 Å². The molecule has 7 nitrogen and oxygen atoms in total. The third-order valence-electron chi connectivity index (χ3n) is 6.46.